The normalized spacial score (nSPS) is 22.1. The summed E-state index contributed by atoms with van der Waals surface area (Å²) in [7, 11) is 0. The van der Waals surface area contributed by atoms with Crippen LogP contribution in [0.3, 0.4) is 0 Å². The minimum atomic E-state index is -1.67. The van der Waals surface area contributed by atoms with E-state index in [2.05, 4.69) is 0 Å². The minimum absolute atomic E-state index is 0.189. The van der Waals surface area contributed by atoms with E-state index in [0.717, 1.165) is 4.90 Å². The average molecular weight is 305 g/mol. The van der Waals surface area contributed by atoms with Gasteiger partial charge in [-0.2, -0.15) is 0 Å². The van der Waals surface area contributed by atoms with Gasteiger partial charge in [0.2, 0.25) is 0 Å². The lowest BCUT2D eigenvalue weighted by Crippen LogP contribution is -2.44. The smallest absolute Gasteiger partial charge is 0.327 e. The Kier molecular flexibility index (Phi) is 3.94. The maximum absolute atomic E-state index is 13.1. The van der Waals surface area contributed by atoms with Gasteiger partial charge in [0.15, 0.2) is 17.5 Å². The molecule has 0 radical (unpaired) electrons. The molecular weight excluding hydrogens is 295 g/mol. The first-order valence-corrected chi connectivity index (χ1v) is 6.69. The van der Waals surface area contributed by atoms with Crippen LogP contribution in [-0.4, -0.2) is 39.1 Å². The summed E-state index contributed by atoms with van der Waals surface area (Å²) in [4.78, 5) is 24.3. The highest BCUT2D eigenvalue weighted by Crippen LogP contribution is 2.30. The molecule has 1 heterocycles. The van der Waals surface area contributed by atoms with Gasteiger partial charge in [-0.05, 0) is 19.1 Å². The molecule has 0 saturated carbocycles. The molecule has 1 aliphatic rings. The molecule has 1 fully saturated rings. The number of nitrogens with zero attached hydrogens (tertiary/aromatic N) is 1. The molecule has 0 spiro atoms. The van der Waals surface area contributed by atoms with Crippen molar-refractivity contribution in [2.75, 3.05) is 5.75 Å². The summed E-state index contributed by atoms with van der Waals surface area (Å²) in [6, 6.07) is 0.0590. The van der Waals surface area contributed by atoms with Gasteiger partial charge in [-0.15, -0.1) is 11.8 Å². The van der Waals surface area contributed by atoms with E-state index in [1.54, 1.807) is 6.92 Å². The third kappa shape index (κ3) is 2.47. The summed E-state index contributed by atoms with van der Waals surface area (Å²) in [5.41, 5.74) is -0.415. The standard InChI is InChI=1S/C12H10F3NO3S/c1-5-16(9(4-20-5)12(18)19)11(17)6-2-7(13)10(15)8(14)3-6/h2-3,5,9H,4H2,1H3,(H,18,19). The quantitative estimate of drug-likeness (QED) is 0.850. The Balaban J connectivity index is 2.37. The highest BCUT2D eigenvalue weighted by molar-refractivity contribution is 8.00. The highest BCUT2D eigenvalue weighted by atomic mass is 32.2. The van der Waals surface area contributed by atoms with Crippen molar-refractivity contribution in [1.82, 2.24) is 4.90 Å². The molecule has 108 valence electrons. The highest BCUT2D eigenvalue weighted by Gasteiger charge is 2.40. The molecule has 1 aliphatic heterocycles. The summed E-state index contributed by atoms with van der Waals surface area (Å²) in [6.45, 7) is 1.61. The van der Waals surface area contributed by atoms with Crippen LogP contribution >= 0.6 is 11.8 Å². The number of rotatable bonds is 2. The molecular formula is C12H10F3NO3S. The van der Waals surface area contributed by atoms with E-state index < -0.39 is 46.3 Å². The van der Waals surface area contributed by atoms with E-state index >= 15 is 0 Å². The van der Waals surface area contributed by atoms with E-state index in [9.17, 15) is 22.8 Å². The Morgan fingerprint density at radius 1 is 1.30 bits per heavy atom. The zero-order valence-electron chi connectivity index (χ0n) is 10.3. The van der Waals surface area contributed by atoms with Crippen molar-refractivity contribution >= 4 is 23.6 Å². The molecule has 1 aromatic carbocycles. The molecule has 1 aromatic rings. The zero-order chi connectivity index (χ0) is 15.0. The fourth-order valence-corrected chi connectivity index (χ4v) is 3.14. The van der Waals surface area contributed by atoms with Crippen LogP contribution in [-0.2, 0) is 4.79 Å². The van der Waals surface area contributed by atoms with Gasteiger partial charge in [0.25, 0.3) is 5.91 Å². The van der Waals surface area contributed by atoms with Crippen molar-refractivity contribution in [2.24, 2.45) is 0 Å². The van der Waals surface area contributed by atoms with Gasteiger partial charge in [0, 0.05) is 11.3 Å². The summed E-state index contributed by atoms with van der Waals surface area (Å²) in [5, 5.41) is 8.59. The molecule has 2 rings (SSSR count). The van der Waals surface area contributed by atoms with E-state index in [4.69, 9.17) is 5.11 Å². The number of thioether (sulfide) groups is 1. The lowest BCUT2D eigenvalue weighted by atomic mass is 10.1. The first-order valence-electron chi connectivity index (χ1n) is 5.64. The van der Waals surface area contributed by atoms with Gasteiger partial charge >= 0.3 is 5.97 Å². The largest absolute Gasteiger partial charge is 0.480 e. The van der Waals surface area contributed by atoms with Crippen molar-refractivity contribution < 1.29 is 27.9 Å². The Morgan fingerprint density at radius 3 is 2.35 bits per heavy atom. The maximum Gasteiger partial charge on any atom is 0.327 e. The molecule has 20 heavy (non-hydrogen) atoms. The monoisotopic (exact) mass is 305 g/mol. The van der Waals surface area contributed by atoms with Crippen LogP contribution < -0.4 is 0 Å². The number of benzene rings is 1. The van der Waals surface area contributed by atoms with Crippen molar-refractivity contribution in [3.05, 3.63) is 35.1 Å². The Bertz CT molecular complexity index is 558. The van der Waals surface area contributed by atoms with Crippen LogP contribution in [0.15, 0.2) is 12.1 Å². The maximum atomic E-state index is 13.1. The summed E-state index contributed by atoms with van der Waals surface area (Å²) in [5.74, 6) is -6.49. The number of carbonyl (C=O) groups excluding carboxylic acids is 1. The van der Waals surface area contributed by atoms with Gasteiger partial charge in [0.05, 0.1) is 5.37 Å². The Morgan fingerprint density at radius 2 is 1.85 bits per heavy atom. The van der Waals surface area contributed by atoms with E-state index in [0.29, 0.717) is 12.1 Å². The number of aliphatic carboxylic acids is 1. The molecule has 4 nitrogen and oxygen atoms in total. The van der Waals surface area contributed by atoms with Crippen LogP contribution in [0.1, 0.15) is 17.3 Å². The first-order chi connectivity index (χ1) is 9.32. The van der Waals surface area contributed by atoms with E-state index in [1.807, 2.05) is 0 Å². The van der Waals surface area contributed by atoms with Crippen LogP contribution in [0, 0.1) is 17.5 Å². The number of amides is 1. The van der Waals surface area contributed by atoms with Gasteiger partial charge in [0.1, 0.15) is 6.04 Å². The SMILES string of the molecule is CC1SCC(C(=O)O)N1C(=O)c1cc(F)c(F)c(F)c1. The Hall–Kier alpha value is -1.70. The molecule has 2 unspecified atom stereocenters. The van der Waals surface area contributed by atoms with Gasteiger partial charge < -0.3 is 10.0 Å². The summed E-state index contributed by atoms with van der Waals surface area (Å²) >= 11 is 1.24. The number of hydrogen-bond donors (Lipinski definition) is 1. The molecule has 0 aliphatic carbocycles. The lowest BCUT2D eigenvalue weighted by Gasteiger charge is -2.25. The first kappa shape index (κ1) is 14.7. The fraction of sp³-hybridized carbons (Fsp3) is 0.333. The van der Waals surface area contributed by atoms with Crippen LogP contribution in [0.25, 0.3) is 0 Å². The van der Waals surface area contributed by atoms with Crippen molar-refractivity contribution in [2.45, 2.75) is 18.3 Å². The van der Waals surface area contributed by atoms with Crippen molar-refractivity contribution in [3.8, 4) is 0 Å². The molecule has 1 amide bonds. The molecule has 1 saturated heterocycles. The number of hydrogen-bond acceptors (Lipinski definition) is 3. The van der Waals surface area contributed by atoms with E-state index in [-0.39, 0.29) is 5.75 Å². The van der Waals surface area contributed by atoms with Gasteiger partial charge in [-0.25, -0.2) is 18.0 Å². The summed E-state index contributed by atoms with van der Waals surface area (Å²) < 4.78 is 39.1. The molecule has 0 aromatic heterocycles. The second-order valence-electron chi connectivity index (χ2n) is 4.25. The second-order valence-corrected chi connectivity index (χ2v) is 5.60. The third-order valence-electron chi connectivity index (χ3n) is 2.97. The predicted octanol–water partition coefficient (Wildman–Crippen LogP) is 2.09. The van der Waals surface area contributed by atoms with Crippen LogP contribution in [0.4, 0.5) is 13.2 Å². The fourth-order valence-electron chi connectivity index (χ4n) is 1.97. The minimum Gasteiger partial charge on any atom is -0.480 e. The third-order valence-corrected chi connectivity index (χ3v) is 4.19. The zero-order valence-corrected chi connectivity index (χ0v) is 11.1. The molecule has 0 bridgehead atoms. The topological polar surface area (TPSA) is 57.6 Å². The van der Waals surface area contributed by atoms with Gasteiger partial charge in [-0.3, -0.25) is 4.79 Å². The van der Waals surface area contributed by atoms with Crippen LogP contribution in [0.5, 0.6) is 0 Å². The van der Waals surface area contributed by atoms with Crippen molar-refractivity contribution in [1.29, 1.82) is 0 Å². The molecule has 2 atom stereocenters. The average Bonchev–Trinajstić information content (AvgIpc) is 2.76. The second kappa shape index (κ2) is 5.35. The lowest BCUT2D eigenvalue weighted by molar-refractivity contribution is -0.141. The molecule has 8 heteroatoms. The molecule has 1 N–H and O–H groups in total. The number of carboxylic acid groups (broad SMARTS) is 1. The van der Waals surface area contributed by atoms with Gasteiger partial charge in [-0.1, -0.05) is 0 Å². The number of carbonyl (C=O) groups is 2. The Labute approximate surface area is 116 Å². The predicted molar refractivity (Wildman–Crippen MR) is 65.8 cm³/mol. The van der Waals surface area contributed by atoms with E-state index in [1.165, 1.54) is 11.8 Å². The van der Waals surface area contributed by atoms with Crippen molar-refractivity contribution in [3.63, 3.8) is 0 Å². The number of carboxylic acids is 1. The van der Waals surface area contributed by atoms with Crippen LogP contribution in [0.2, 0.25) is 0 Å². The number of halogens is 3. The summed E-state index contributed by atoms with van der Waals surface area (Å²) in [6.07, 6.45) is 0.